The molecule has 4 nitrogen and oxygen atoms in total. The number of hydrogen-bond donors (Lipinski definition) is 2. The average Bonchev–Trinajstić information content (AvgIpc) is 2.45. The highest BCUT2D eigenvalue weighted by Gasteiger charge is 2.19. The van der Waals surface area contributed by atoms with Crippen molar-refractivity contribution in [2.75, 3.05) is 13.1 Å². The SMILES string of the molecule is CCCNCc1ccc(S(=O)(=O)NCC(C)CC)c(F)c1. The summed E-state index contributed by atoms with van der Waals surface area (Å²) < 4.78 is 40.6. The lowest BCUT2D eigenvalue weighted by Gasteiger charge is -2.12. The molecule has 1 rings (SSSR count). The van der Waals surface area contributed by atoms with Gasteiger partial charge in [-0.2, -0.15) is 0 Å². The number of benzene rings is 1. The van der Waals surface area contributed by atoms with Crippen molar-refractivity contribution in [1.82, 2.24) is 10.0 Å². The zero-order valence-corrected chi connectivity index (χ0v) is 13.8. The predicted octanol–water partition coefficient (Wildman–Crippen LogP) is 2.65. The van der Waals surface area contributed by atoms with Crippen LogP contribution in [0.5, 0.6) is 0 Å². The number of nitrogens with one attached hydrogen (secondary N) is 2. The van der Waals surface area contributed by atoms with E-state index in [1.165, 1.54) is 12.1 Å². The van der Waals surface area contributed by atoms with E-state index in [0.717, 1.165) is 24.9 Å². The van der Waals surface area contributed by atoms with E-state index < -0.39 is 15.8 Å². The van der Waals surface area contributed by atoms with E-state index in [-0.39, 0.29) is 10.8 Å². The van der Waals surface area contributed by atoms with Crippen molar-refractivity contribution in [3.63, 3.8) is 0 Å². The maximum Gasteiger partial charge on any atom is 0.243 e. The van der Waals surface area contributed by atoms with Gasteiger partial charge in [-0.05, 0) is 36.6 Å². The molecule has 0 saturated carbocycles. The van der Waals surface area contributed by atoms with Gasteiger partial charge in [-0.3, -0.25) is 0 Å². The summed E-state index contributed by atoms with van der Waals surface area (Å²) in [6.45, 7) is 7.67. The molecular formula is C15H25FN2O2S. The third-order valence-electron chi connectivity index (χ3n) is 3.36. The van der Waals surface area contributed by atoms with Crippen molar-refractivity contribution < 1.29 is 12.8 Å². The van der Waals surface area contributed by atoms with Crippen LogP contribution in [-0.2, 0) is 16.6 Å². The summed E-state index contributed by atoms with van der Waals surface area (Å²) in [7, 11) is -3.78. The van der Waals surface area contributed by atoms with E-state index in [9.17, 15) is 12.8 Å². The van der Waals surface area contributed by atoms with Crippen molar-refractivity contribution in [1.29, 1.82) is 0 Å². The Morgan fingerprint density at radius 1 is 1.29 bits per heavy atom. The van der Waals surface area contributed by atoms with Gasteiger partial charge in [0, 0.05) is 13.1 Å². The normalized spacial score (nSPS) is 13.3. The quantitative estimate of drug-likeness (QED) is 0.689. The molecule has 0 radical (unpaired) electrons. The zero-order chi connectivity index (χ0) is 15.9. The molecule has 0 heterocycles. The molecule has 120 valence electrons. The minimum atomic E-state index is -3.78. The van der Waals surface area contributed by atoms with E-state index in [2.05, 4.69) is 10.0 Å². The third kappa shape index (κ3) is 5.73. The summed E-state index contributed by atoms with van der Waals surface area (Å²) >= 11 is 0. The Balaban J connectivity index is 2.78. The standard InChI is InChI=1S/C15H25FN2O2S/c1-4-8-17-11-13-6-7-15(14(16)9-13)21(19,20)18-10-12(3)5-2/h6-7,9,12,17-18H,4-5,8,10-11H2,1-3H3. The summed E-state index contributed by atoms with van der Waals surface area (Å²) in [5.74, 6) is -0.484. The van der Waals surface area contributed by atoms with Gasteiger partial charge in [0.25, 0.3) is 0 Å². The first-order valence-electron chi connectivity index (χ1n) is 7.39. The van der Waals surface area contributed by atoms with E-state index in [1.54, 1.807) is 6.07 Å². The van der Waals surface area contributed by atoms with Gasteiger partial charge in [-0.25, -0.2) is 17.5 Å². The topological polar surface area (TPSA) is 58.2 Å². The lowest BCUT2D eigenvalue weighted by molar-refractivity contribution is 0.521. The Morgan fingerprint density at radius 2 is 2.00 bits per heavy atom. The molecule has 0 aliphatic rings. The molecule has 1 aromatic rings. The molecule has 1 aromatic carbocycles. The number of sulfonamides is 1. The molecule has 1 atom stereocenters. The molecule has 0 aromatic heterocycles. The van der Waals surface area contributed by atoms with Crippen LogP contribution in [-0.4, -0.2) is 21.5 Å². The first-order valence-corrected chi connectivity index (χ1v) is 8.87. The molecule has 0 aliphatic heterocycles. The second-order valence-corrected chi connectivity index (χ2v) is 7.04. The second-order valence-electron chi connectivity index (χ2n) is 5.31. The molecule has 21 heavy (non-hydrogen) atoms. The Kier molecular flexibility index (Phi) is 7.28. The molecule has 2 N–H and O–H groups in total. The number of hydrogen-bond acceptors (Lipinski definition) is 3. The van der Waals surface area contributed by atoms with Gasteiger partial charge < -0.3 is 5.32 Å². The van der Waals surface area contributed by atoms with E-state index >= 15 is 0 Å². The fourth-order valence-electron chi connectivity index (χ4n) is 1.76. The van der Waals surface area contributed by atoms with Crippen LogP contribution >= 0.6 is 0 Å². The van der Waals surface area contributed by atoms with E-state index in [0.29, 0.717) is 13.1 Å². The highest BCUT2D eigenvalue weighted by Crippen LogP contribution is 2.16. The number of rotatable bonds is 9. The highest BCUT2D eigenvalue weighted by molar-refractivity contribution is 7.89. The maximum atomic E-state index is 14.0. The Morgan fingerprint density at radius 3 is 2.57 bits per heavy atom. The minimum absolute atomic E-state index is 0.223. The molecule has 0 aliphatic carbocycles. The first kappa shape index (κ1) is 18.1. The largest absolute Gasteiger partial charge is 0.313 e. The summed E-state index contributed by atoms with van der Waals surface area (Å²) in [4.78, 5) is -0.287. The Bertz CT molecular complexity index is 547. The van der Waals surface area contributed by atoms with Crippen LogP contribution in [0.4, 0.5) is 4.39 Å². The van der Waals surface area contributed by atoms with Crippen molar-refractivity contribution in [3.8, 4) is 0 Å². The van der Waals surface area contributed by atoms with Crippen LogP contribution in [0.15, 0.2) is 23.1 Å². The summed E-state index contributed by atoms with van der Waals surface area (Å²) in [5, 5.41) is 3.15. The third-order valence-corrected chi connectivity index (χ3v) is 4.82. The minimum Gasteiger partial charge on any atom is -0.313 e. The van der Waals surface area contributed by atoms with Gasteiger partial charge in [0.05, 0.1) is 0 Å². The first-order chi connectivity index (χ1) is 9.90. The van der Waals surface area contributed by atoms with Gasteiger partial charge in [0.15, 0.2) is 0 Å². The smallest absolute Gasteiger partial charge is 0.243 e. The monoisotopic (exact) mass is 316 g/mol. The number of halogens is 1. The van der Waals surface area contributed by atoms with Crippen LogP contribution in [0.1, 0.15) is 39.2 Å². The molecule has 0 saturated heterocycles. The Labute approximate surface area is 127 Å². The van der Waals surface area contributed by atoms with Crippen LogP contribution in [0, 0.1) is 11.7 Å². The van der Waals surface area contributed by atoms with Crippen molar-refractivity contribution in [3.05, 3.63) is 29.6 Å². The second kappa shape index (κ2) is 8.46. The molecular weight excluding hydrogens is 291 g/mol. The lowest BCUT2D eigenvalue weighted by Crippen LogP contribution is -2.29. The molecule has 6 heteroatoms. The van der Waals surface area contributed by atoms with Crippen molar-refractivity contribution in [2.45, 2.75) is 45.1 Å². The lowest BCUT2D eigenvalue weighted by atomic mass is 10.1. The van der Waals surface area contributed by atoms with Crippen LogP contribution in [0.2, 0.25) is 0 Å². The summed E-state index contributed by atoms with van der Waals surface area (Å²) in [6.07, 6.45) is 1.86. The fraction of sp³-hybridized carbons (Fsp3) is 0.600. The van der Waals surface area contributed by atoms with E-state index in [1.807, 2.05) is 20.8 Å². The molecule has 0 spiro atoms. The average molecular weight is 316 g/mol. The van der Waals surface area contributed by atoms with E-state index in [4.69, 9.17) is 0 Å². The van der Waals surface area contributed by atoms with Crippen LogP contribution < -0.4 is 10.0 Å². The van der Waals surface area contributed by atoms with Crippen LogP contribution in [0.3, 0.4) is 0 Å². The maximum absolute atomic E-state index is 14.0. The molecule has 1 unspecified atom stereocenters. The van der Waals surface area contributed by atoms with Gasteiger partial charge in [-0.1, -0.05) is 33.3 Å². The summed E-state index contributed by atoms with van der Waals surface area (Å²) in [5.41, 5.74) is 0.738. The van der Waals surface area contributed by atoms with Gasteiger partial charge >= 0.3 is 0 Å². The fourth-order valence-corrected chi connectivity index (χ4v) is 2.98. The molecule has 0 fully saturated rings. The van der Waals surface area contributed by atoms with Gasteiger partial charge in [0.1, 0.15) is 10.7 Å². The summed E-state index contributed by atoms with van der Waals surface area (Å²) in [6, 6.07) is 4.25. The molecule has 0 bridgehead atoms. The van der Waals surface area contributed by atoms with Gasteiger partial charge in [-0.15, -0.1) is 0 Å². The highest BCUT2D eigenvalue weighted by atomic mass is 32.2. The molecule has 0 amide bonds. The predicted molar refractivity (Wildman–Crippen MR) is 83.0 cm³/mol. The van der Waals surface area contributed by atoms with Gasteiger partial charge in [0.2, 0.25) is 10.0 Å². The van der Waals surface area contributed by atoms with Crippen molar-refractivity contribution >= 4 is 10.0 Å². The van der Waals surface area contributed by atoms with Crippen LogP contribution in [0.25, 0.3) is 0 Å². The zero-order valence-electron chi connectivity index (χ0n) is 12.9. The Hall–Kier alpha value is -0.980. The van der Waals surface area contributed by atoms with Crippen molar-refractivity contribution in [2.24, 2.45) is 5.92 Å².